The number of guanidine groups is 1. The first-order chi connectivity index (χ1) is 10.7. The van der Waals surface area contributed by atoms with E-state index < -0.39 is 6.10 Å². The number of fused-ring (bicyclic) bond motifs is 1. The van der Waals surface area contributed by atoms with Crippen molar-refractivity contribution >= 4 is 27.4 Å². The van der Waals surface area contributed by atoms with Gasteiger partial charge in [-0.05, 0) is 23.9 Å². The Morgan fingerprint density at radius 1 is 1.27 bits per heavy atom. The van der Waals surface area contributed by atoms with Gasteiger partial charge in [-0.2, -0.15) is 0 Å². The Morgan fingerprint density at radius 2 is 2.09 bits per heavy atom. The molecule has 0 aliphatic rings. The molecule has 1 atom stereocenters. The fourth-order valence-corrected chi connectivity index (χ4v) is 3.31. The minimum absolute atomic E-state index is 0.459. The van der Waals surface area contributed by atoms with Gasteiger partial charge in [-0.1, -0.05) is 38.0 Å². The summed E-state index contributed by atoms with van der Waals surface area (Å²) in [7, 11) is 1.75. The minimum atomic E-state index is -0.522. The molecule has 0 bridgehead atoms. The number of nitrogens with zero attached hydrogens (tertiary/aromatic N) is 1. The summed E-state index contributed by atoms with van der Waals surface area (Å²) in [6, 6.07) is 10.3. The summed E-state index contributed by atoms with van der Waals surface area (Å²) in [5.41, 5.74) is 0. The van der Waals surface area contributed by atoms with Crippen LogP contribution < -0.4 is 10.6 Å². The van der Waals surface area contributed by atoms with E-state index in [1.54, 1.807) is 18.4 Å². The number of aliphatic imine (C=N–C) groups is 1. The monoisotopic (exact) mass is 319 g/mol. The molecule has 120 valence electrons. The van der Waals surface area contributed by atoms with Crippen molar-refractivity contribution in [1.82, 2.24) is 10.6 Å². The largest absolute Gasteiger partial charge is 0.386 e. The second-order valence-electron chi connectivity index (χ2n) is 5.29. The zero-order valence-electron chi connectivity index (χ0n) is 13.3. The van der Waals surface area contributed by atoms with Gasteiger partial charge in [0.2, 0.25) is 0 Å². The smallest absolute Gasteiger partial charge is 0.191 e. The van der Waals surface area contributed by atoms with E-state index in [0.29, 0.717) is 6.54 Å². The van der Waals surface area contributed by atoms with E-state index in [-0.39, 0.29) is 0 Å². The molecule has 2 rings (SSSR count). The molecule has 3 N–H and O–H groups in total. The predicted molar refractivity (Wildman–Crippen MR) is 95.7 cm³/mol. The van der Waals surface area contributed by atoms with E-state index in [0.717, 1.165) is 23.8 Å². The van der Waals surface area contributed by atoms with Crippen LogP contribution in [0.15, 0.2) is 35.3 Å². The molecular formula is C17H25N3OS. The highest BCUT2D eigenvalue weighted by molar-refractivity contribution is 7.19. The van der Waals surface area contributed by atoms with E-state index in [2.05, 4.69) is 40.7 Å². The van der Waals surface area contributed by atoms with Crippen LogP contribution in [-0.4, -0.2) is 31.2 Å². The third-order valence-corrected chi connectivity index (χ3v) is 4.75. The van der Waals surface area contributed by atoms with Gasteiger partial charge in [0.05, 0.1) is 0 Å². The van der Waals surface area contributed by atoms with Gasteiger partial charge in [0, 0.05) is 29.7 Å². The standard InChI is InChI=1S/C17H25N3OS/c1-3-4-7-10-19-17(18-2)20-12-14(21)16-11-13-8-5-6-9-15(13)22-16/h5-6,8-9,11,14,21H,3-4,7,10,12H2,1-2H3,(H2,18,19,20). The summed E-state index contributed by atoms with van der Waals surface area (Å²) in [6.45, 7) is 3.56. The SMILES string of the molecule is CCCCCNC(=NC)NCC(O)c1cc2ccccc2s1. The zero-order chi connectivity index (χ0) is 15.8. The van der Waals surface area contributed by atoms with Gasteiger partial charge in [0.1, 0.15) is 6.10 Å². The second-order valence-corrected chi connectivity index (χ2v) is 6.40. The Hall–Kier alpha value is -1.59. The Morgan fingerprint density at radius 3 is 2.82 bits per heavy atom. The second kappa shape index (κ2) is 8.76. The number of rotatable bonds is 7. The van der Waals surface area contributed by atoms with Gasteiger partial charge in [-0.25, -0.2) is 0 Å². The zero-order valence-corrected chi connectivity index (χ0v) is 14.1. The Kier molecular flexibility index (Phi) is 6.68. The van der Waals surface area contributed by atoms with Crippen molar-refractivity contribution in [2.45, 2.75) is 32.3 Å². The fraction of sp³-hybridized carbons (Fsp3) is 0.471. The van der Waals surface area contributed by atoms with Crippen LogP contribution >= 0.6 is 11.3 Å². The molecule has 0 radical (unpaired) electrons. The average Bonchev–Trinajstić information content (AvgIpc) is 2.98. The molecule has 0 aliphatic heterocycles. The van der Waals surface area contributed by atoms with Crippen molar-refractivity contribution in [3.05, 3.63) is 35.2 Å². The number of unbranched alkanes of at least 4 members (excludes halogenated alkanes) is 2. The van der Waals surface area contributed by atoms with Gasteiger partial charge in [0.25, 0.3) is 0 Å². The lowest BCUT2D eigenvalue weighted by molar-refractivity contribution is 0.184. The lowest BCUT2D eigenvalue weighted by Crippen LogP contribution is -2.39. The number of benzene rings is 1. The molecule has 0 saturated heterocycles. The van der Waals surface area contributed by atoms with Crippen LogP contribution in [0.4, 0.5) is 0 Å². The summed E-state index contributed by atoms with van der Waals surface area (Å²) in [5, 5.41) is 18.0. The first-order valence-corrected chi connectivity index (χ1v) is 8.67. The lowest BCUT2D eigenvalue weighted by Gasteiger charge is -2.14. The average molecular weight is 319 g/mol. The summed E-state index contributed by atoms with van der Waals surface area (Å²) in [4.78, 5) is 5.16. The molecule has 0 aliphatic carbocycles. The summed E-state index contributed by atoms with van der Waals surface area (Å²) < 4.78 is 1.21. The van der Waals surface area contributed by atoms with Gasteiger partial charge in [-0.15, -0.1) is 11.3 Å². The maximum Gasteiger partial charge on any atom is 0.191 e. The fourth-order valence-electron chi connectivity index (χ4n) is 2.26. The van der Waals surface area contributed by atoms with E-state index in [9.17, 15) is 5.11 Å². The van der Waals surface area contributed by atoms with Crippen LogP contribution in [0.2, 0.25) is 0 Å². The number of aliphatic hydroxyl groups excluding tert-OH is 1. The Balaban J connectivity index is 1.84. The molecule has 0 fully saturated rings. The van der Waals surface area contributed by atoms with Crippen molar-refractivity contribution < 1.29 is 5.11 Å². The van der Waals surface area contributed by atoms with E-state index in [1.807, 2.05) is 12.1 Å². The van der Waals surface area contributed by atoms with Crippen molar-refractivity contribution in [3.8, 4) is 0 Å². The van der Waals surface area contributed by atoms with Gasteiger partial charge in [-0.3, -0.25) is 4.99 Å². The first-order valence-electron chi connectivity index (χ1n) is 7.85. The van der Waals surface area contributed by atoms with E-state index >= 15 is 0 Å². The van der Waals surface area contributed by atoms with Gasteiger partial charge < -0.3 is 15.7 Å². The molecule has 0 spiro atoms. The van der Waals surface area contributed by atoms with Crippen molar-refractivity contribution in [3.63, 3.8) is 0 Å². The molecule has 2 aromatic rings. The van der Waals surface area contributed by atoms with Gasteiger partial charge >= 0.3 is 0 Å². The molecular weight excluding hydrogens is 294 g/mol. The van der Waals surface area contributed by atoms with Crippen LogP contribution in [0.25, 0.3) is 10.1 Å². The number of nitrogens with one attached hydrogen (secondary N) is 2. The van der Waals surface area contributed by atoms with E-state index in [1.165, 1.54) is 22.9 Å². The van der Waals surface area contributed by atoms with E-state index in [4.69, 9.17) is 0 Å². The van der Waals surface area contributed by atoms with Crippen LogP contribution in [-0.2, 0) is 0 Å². The molecule has 1 aromatic carbocycles. The summed E-state index contributed by atoms with van der Waals surface area (Å²) >= 11 is 1.64. The lowest BCUT2D eigenvalue weighted by atomic mass is 10.2. The number of thiophene rings is 1. The van der Waals surface area contributed by atoms with Crippen LogP contribution in [0.1, 0.15) is 37.2 Å². The maximum atomic E-state index is 10.3. The molecule has 5 heteroatoms. The Bertz CT molecular complexity index is 576. The van der Waals surface area contributed by atoms with Crippen LogP contribution in [0.3, 0.4) is 0 Å². The van der Waals surface area contributed by atoms with Crippen LogP contribution in [0, 0.1) is 0 Å². The third-order valence-electron chi connectivity index (χ3n) is 3.53. The third kappa shape index (κ3) is 4.71. The number of hydrogen-bond donors (Lipinski definition) is 3. The van der Waals surface area contributed by atoms with Gasteiger partial charge in [0.15, 0.2) is 5.96 Å². The molecule has 1 heterocycles. The Labute approximate surface area is 136 Å². The minimum Gasteiger partial charge on any atom is -0.386 e. The first kappa shape index (κ1) is 16.8. The molecule has 0 saturated carbocycles. The highest BCUT2D eigenvalue weighted by atomic mass is 32.1. The summed E-state index contributed by atoms with van der Waals surface area (Å²) in [6.07, 6.45) is 3.04. The molecule has 1 aromatic heterocycles. The van der Waals surface area contributed by atoms with Crippen molar-refractivity contribution in [1.29, 1.82) is 0 Å². The van der Waals surface area contributed by atoms with Crippen molar-refractivity contribution in [2.24, 2.45) is 4.99 Å². The quantitative estimate of drug-likeness (QED) is 0.417. The maximum absolute atomic E-state index is 10.3. The molecule has 0 amide bonds. The highest BCUT2D eigenvalue weighted by Crippen LogP contribution is 2.29. The topological polar surface area (TPSA) is 56.7 Å². The highest BCUT2D eigenvalue weighted by Gasteiger charge is 2.11. The van der Waals surface area contributed by atoms with Crippen molar-refractivity contribution in [2.75, 3.05) is 20.1 Å². The normalized spacial score (nSPS) is 13.3. The molecule has 22 heavy (non-hydrogen) atoms. The summed E-state index contributed by atoms with van der Waals surface area (Å²) in [5.74, 6) is 0.747. The number of hydrogen-bond acceptors (Lipinski definition) is 3. The number of aliphatic hydroxyl groups is 1. The van der Waals surface area contributed by atoms with Crippen LogP contribution in [0.5, 0.6) is 0 Å². The molecule has 1 unspecified atom stereocenters. The predicted octanol–water partition coefficient (Wildman–Crippen LogP) is 3.29. The molecule has 4 nitrogen and oxygen atoms in total.